The zero-order valence-corrected chi connectivity index (χ0v) is 17.8. The van der Waals surface area contributed by atoms with Gasteiger partial charge in [0.1, 0.15) is 11.5 Å². The maximum Gasteiger partial charge on any atom is 0.293 e. The Labute approximate surface area is 186 Å². The molecule has 0 bridgehead atoms. The van der Waals surface area contributed by atoms with Crippen molar-refractivity contribution in [2.75, 3.05) is 0 Å². The zero-order chi connectivity index (χ0) is 20.5. The number of amides is 2. The molecule has 0 aliphatic carbocycles. The van der Waals surface area contributed by atoms with Crippen LogP contribution in [0.2, 0.25) is 15.1 Å². The Balaban J connectivity index is 1.56. The summed E-state index contributed by atoms with van der Waals surface area (Å²) in [5.74, 6) is 0.687. The highest BCUT2D eigenvalue weighted by Gasteiger charge is 2.36. The number of carbonyl (C=O) groups excluding carboxylic acids is 2. The molecule has 1 saturated heterocycles. The van der Waals surface area contributed by atoms with Gasteiger partial charge in [-0.3, -0.25) is 14.5 Å². The molecule has 2 amide bonds. The molecule has 1 aliphatic heterocycles. The summed E-state index contributed by atoms with van der Waals surface area (Å²) < 4.78 is 5.79. The molecule has 0 unspecified atom stereocenters. The van der Waals surface area contributed by atoms with E-state index in [4.69, 9.17) is 39.2 Å². The number of thioether (sulfide) groups is 1. The highest BCUT2D eigenvalue weighted by Crippen LogP contribution is 2.36. The van der Waals surface area contributed by atoms with Crippen LogP contribution in [0.3, 0.4) is 0 Å². The van der Waals surface area contributed by atoms with Crippen molar-refractivity contribution in [1.29, 1.82) is 0 Å². The summed E-state index contributed by atoms with van der Waals surface area (Å²) in [5.41, 5.74) is 1.39. The van der Waals surface area contributed by atoms with E-state index in [2.05, 4.69) is 0 Å². The van der Waals surface area contributed by atoms with E-state index in [9.17, 15) is 9.59 Å². The van der Waals surface area contributed by atoms with Crippen molar-refractivity contribution in [3.05, 3.63) is 85.9 Å². The maximum absolute atomic E-state index is 12.7. The van der Waals surface area contributed by atoms with Crippen LogP contribution in [0.25, 0.3) is 17.4 Å². The van der Waals surface area contributed by atoms with Crippen molar-refractivity contribution < 1.29 is 14.0 Å². The second-order valence-corrected chi connectivity index (χ2v) is 8.42. The van der Waals surface area contributed by atoms with Gasteiger partial charge in [-0.2, -0.15) is 0 Å². The number of benzene rings is 2. The van der Waals surface area contributed by atoms with Crippen molar-refractivity contribution in [3.8, 4) is 11.3 Å². The molecule has 1 aromatic heterocycles. The molecule has 8 heteroatoms. The Kier molecular flexibility index (Phi) is 5.74. The van der Waals surface area contributed by atoms with Crippen LogP contribution in [0.1, 0.15) is 11.3 Å². The SMILES string of the molecule is O=C1S/C(=C\c2ccc(-c3ccc(Cl)cc3)o2)C(=O)N1Cc1c(Cl)cccc1Cl. The van der Waals surface area contributed by atoms with Crippen LogP contribution < -0.4 is 0 Å². The summed E-state index contributed by atoms with van der Waals surface area (Å²) >= 11 is 19.1. The van der Waals surface area contributed by atoms with Crippen molar-refractivity contribution >= 4 is 63.8 Å². The molecule has 0 N–H and O–H groups in total. The Morgan fingerprint density at radius 2 is 1.62 bits per heavy atom. The van der Waals surface area contributed by atoms with Crippen LogP contribution in [-0.4, -0.2) is 16.0 Å². The maximum atomic E-state index is 12.7. The highest BCUT2D eigenvalue weighted by molar-refractivity contribution is 8.18. The van der Waals surface area contributed by atoms with Crippen LogP contribution in [0.4, 0.5) is 4.79 Å². The quantitative estimate of drug-likeness (QED) is 0.385. The number of hydrogen-bond acceptors (Lipinski definition) is 4. The molecular weight excluding hydrogens is 453 g/mol. The third kappa shape index (κ3) is 4.23. The molecule has 3 aromatic rings. The van der Waals surface area contributed by atoms with Gasteiger partial charge in [-0.05, 0) is 60.3 Å². The smallest absolute Gasteiger partial charge is 0.293 e. The first kappa shape index (κ1) is 20.1. The molecule has 2 aromatic carbocycles. The highest BCUT2D eigenvalue weighted by atomic mass is 35.5. The molecule has 4 nitrogen and oxygen atoms in total. The minimum Gasteiger partial charge on any atom is -0.457 e. The summed E-state index contributed by atoms with van der Waals surface area (Å²) in [5, 5.41) is 1.05. The Bertz CT molecular complexity index is 1120. The van der Waals surface area contributed by atoms with Crippen molar-refractivity contribution in [2.45, 2.75) is 6.54 Å². The number of carbonyl (C=O) groups is 2. The van der Waals surface area contributed by atoms with Crippen LogP contribution in [0.15, 0.2) is 63.9 Å². The lowest BCUT2D eigenvalue weighted by atomic mass is 10.2. The number of halogens is 3. The number of furan rings is 1. The molecule has 0 spiro atoms. The third-order valence-corrected chi connectivity index (χ3v) is 6.15. The predicted molar refractivity (Wildman–Crippen MR) is 117 cm³/mol. The summed E-state index contributed by atoms with van der Waals surface area (Å²) in [4.78, 5) is 26.5. The van der Waals surface area contributed by atoms with E-state index in [0.717, 1.165) is 22.2 Å². The first-order valence-corrected chi connectivity index (χ1v) is 10.4. The summed E-state index contributed by atoms with van der Waals surface area (Å²) in [7, 11) is 0. The Hall–Kier alpha value is -2.18. The molecule has 0 saturated carbocycles. The monoisotopic (exact) mass is 463 g/mol. The van der Waals surface area contributed by atoms with E-state index >= 15 is 0 Å². The van der Waals surface area contributed by atoms with E-state index in [1.54, 1.807) is 48.5 Å². The second-order valence-electron chi connectivity index (χ2n) is 6.18. The lowest BCUT2D eigenvalue weighted by Crippen LogP contribution is -2.27. The van der Waals surface area contributed by atoms with Crippen molar-refractivity contribution in [3.63, 3.8) is 0 Å². The lowest BCUT2D eigenvalue weighted by molar-refractivity contribution is -0.123. The van der Waals surface area contributed by atoms with Gasteiger partial charge in [-0.25, -0.2) is 0 Å². The molecule has 4 rings (SSSR count). The topological polar surface area (TPSA) is 50.5 Å². The first-order chi connectivity index (χ1) is 13.9. The number of rotatable bonds is 4. The molecule has 2 heterocycles. The van der Waals surface area contributed by atoms with Crippen LogP contribution in [0.5, 0.6) is 0 Å². The summed E-state index contributed by atoms with van der Waals surface area (Å²) in [6.45, 7) is 0.00862. The van der Waals surface area contributed by atoms with Crippen LogP contribution in [-0.2, 0) is 11.3 Å². The summed E-state index contributed by atoms with van der Waals surface area (Å²) in [6, 6.07) is 15.8. The normalized spacial score (nSPS) is 15.6. The van der Waals surface area contributed by atoms with E-state index in [0.29, 0.717) is 32.2 Å². The van der Waals surface area contributed by atoms with Gasteiger partial charge in [0.25, 0.3) is 11.1 Å². The van der Waals surface area contributed by atoms with Gasteiger partial charge < -0.3 is 4.42 Å². The van der Waals surface area contributed by atoms with Gasteiger partial charge in [-0.1, -0.05) is 40.9 Å². The van der Waals surface area contributed by atoms with E-state index in [-0.39, 0.29) is 16.7 Å². The Morgan fingerprint density at radius 1 is 0.931 bits per heavy atom. The number of hydrogen-bond donors (Lipinski definition) is 0. The van der Waals surface area contributed by atoms with Crippen LogP contribution in [0, 0.1) is 0 Å². The molecule has 0 atom stereocenters. The third-order valence-electron chi connectivity index (χ3n) is 4.28. The van der Waals surface area contributed by atoms with Gasteiger partial charge in [-0.15, -0.1) is 0 Å². The van der Waals surface area contributed by atoms with E-state index in [1.807, 2.05) is 12.1 Å². The minimum absolute atomic E-state index is 0.00862. The average molecular weight is 465 g/mol. The largest absolute Gasteiger partial charge is 0.457 e. The van der Waals surface area contributed by atoms with Gasteiger partial charge in [0.05, 0.1) is 11.4 Å². The number of imide groups is 1. The fourth-order valence-electron chi connectivity index (χ4n) is 2.81. The van der Waals surface area contributed by atoms with Crippen molar-refractivity contribution in [1.82, 2.24) is 4.90 Å². The van der Waals surface area contributed by atoms with E-state index in [1.165, 1.54) is 0 Å². The fraction of sp³-hybridized carbons (Fsp3) is 0.0476. The van der Waals surface area contributed by atoms with Crippen LogP contribution >= 0.6 is 46.6 Å². The number of nitrogens with zero attached hydrogens (tertiary/aromatic N) is 1. The Morgan fingerprint density at radius 3 is 2.31 bits per heavy atom. The summed E-state index contributed by atoms with van der Waals surface area (Å²) in [6.07, 6.45) is 1.55. The van der Waals surface area contributed by atoms with Gasteiger partial charge >= 0.3 is 0 Å². The van der Waals surface area contributed by atoms with Gasteiger partial charge in [0, 0.05) is 32.3 Å². The fourth-order valence-corrected chi connectivity index (χ4v) is 4.27. The lowest BCUT2D eigenvalue weighted by Gasteiger charge is -2.14. The molecule has 1 aliphatic rings. The predicted octanol–water partition coefficient (Wildman–Crippen LogP) is 7.14. The second kappa shape index (κ2) is 8.28. The zero-order valence-electron chi connectivity index (χ0n) is 14.7. The standard InChI is InChI=1S/C21H12Cl3NO3S/c22-13-6-4-12(5-7-13)18-9-8-14(28-18)10-19-20(26)25(21(27)29-19)11-15-16(23)2-1-3-17(15)24/h1-10H,11H2/b19-10-. The molecule has 29 heavy (non-hydrogen) atoms. The van der Waals surface area contributed by atoms with E-state index < -0.39 is 5.91 Å². The van der Waals surface area contributed by atoms with Crippen molar-refractivity contribution in [2.24, 2.45) is 0 Å². The average Bonchev–Trinajstić information content (AvgIpc) is 3.25. The minimum atomic E-state index is -0.416. The first-order valence-electron chi connectivity index (χ1n) is 8.46. The van der Waals surface area contributed by atoms with Gasteiger partial charge in [0.2, 0.25) is 0 Å². The molecule has 0 radical (unpaired) electrons. The molecule has 146 valence electrons. The molecule has 1 fully saturated rings. The molecular formula is C21H12Cl3NO3S. The van der Waals surface area contributed by atoms with Gasteiger partial charge in [0.15, 0.2) is 0 Å².